The zero-order chi connectivity index (χ0) is 15.2. The number of hydrogen-bond acceptors (Lipinski definition) is 4. The van der Waals surface area contributed by atoms with Gasteiger partial charge in [0.15, 0.2) is 0 Å². The number of sulfonamides is 1. The van der Waals surface area contributed by atoms with Crippen molar-refractivity contribution in [3.8, 4) is 0 Å². The van der Waals surface area contributed by atoms with E-state index in [0.29, 0.717) is 24.6 Å². The lowest BCUT2D eigenvalue weighted by Gasteiger charge is -2.43. The minimum atomic E-state index is -3.38. The van der Waals surface area contributed by atoms with Crippen LogP contribution in [0.5, 0.6) is 0 Å². The highest BCUT2D eigenvalue weighted by Gasteiger charge is 2.35. The molecule has 0 spiro atoms. The first-order valence-corrected chi connectivity index (χ1v) is 9.52. The van der Waals surface area contributed by atoms with Crippen LogP contribution in [0.15, 0.2) is 23.1 Å². The largest absolute Gasteiger partial charge is 0.378 e. The number of rotatable bonds is 2. The Morgan fingerprint density at radius 1 is 1.09 bits per heavy atom. The van der Waals surface area contributed by atoms with Gasteiger partial charge in [0.2, 0.25) is 10.0 Å². The van der Waals surface area contributed by atoms with Crippen LogP contribution >= 0.6 is 0 Å². The minimum Gasteiger partial charge on any atom is -0.378 e. The third kappa shape index (κ3) is 2.48. The van der Waals surface area contributed by atoms with Crippen LogP contribution in [0.25, 0.3) is 0 Å². The second kappa shape index (κ2) is 5.60. The molecular weight excluding hydrogens is 300 g/mol. The van der Waals surface area contributed by atoms with Gasteiger partial charge in [-0.2, -0.15) is 4.31 Å². The van der Waals surface area contributed by atoms with Gasteiger partial charge < -0.3 is 4.74 Å². The Labute approximate surface area is 131 Å². The summed E-state index contributed by atoms with van der Waals surface area (Å²) < 4.78 is 33.0. The van der Waals surface area contributed by atoms with E-state index in [9.17, 15) is 8.42 Å². The number of hydrogen-bond donors (Lipinski definition) is 0. The number of aryl methyl sites for hydroxylation is 2. The topological polar surface area (TPSA) is 49.9 Å². The molecular formula is C16H22N2O3S. The maximum Gasteiger partial charge on any atom is 0.243 e. The number of nitrogens with zero attached hydrogens (tertiary/aromatic N) is 2. The standard InChI is InChI=1S/C16H22N2O3S/c19-22(20,16-5-4-13-2-1-3-14(13)10-16)18-7-6-17-8-9-21-12-15(17)11-18/h4-5,10,15H,1-3,6-9,11-12H2. The summed E-state index contributed by atoms with van der Waals surface area (Å²) in [7, 11) is -3.38. The van der Waals surface area contributed by atoms with Crippen LogP contribution in [0.4, 0.5) is 0 Å². The van der Waals surface area contributed by atoms with E-state index in [4.69, 9.17) is 4.74 Å². The highest BCUT2D eigenvalue weighted by Crippen LogP contribution is 2.27. The first kappa shape index (κ1) is 14.6. The molecule has 0 amide bonds. The maximum atomic E-state index is 12.9. The lowest BCUT2D eigenvalue weighted by atomic mass is 10.1. The van der Waals surface area contributed by atoms with Gasteiger partial charge in [-0.25, -0.2) is 8.42 Å². The summed E-state index contributed by atoms with van der Waals surface area (Å²) in [6, 6.07) is 5.87. The first-order chi connectivity index (χ1) is 10.6. The molecule has 1 aromatic rings. The summed E-state index contributed by atoms with van der Waals surface area (Å²) >= 11 is 0. The Morgan fingerprint density at radius 3 is 2.86 bits per heavy atom. The first-order valence-electron chi connectivity index (χ1n) is 8.08. The Kier molecular flexibility index (Phi) is 3.72. The Bertz CT molecular complexity index is 674. The van der Waals surface area contributed by atoms with Gasteiger partial charge in [0.1, 0.15) is 0 Å². The molecule has 1 aromatic carbocycles. The average Bonchev–Trinajstić information content (AvgIpc) is 3.02. The Hall–Kier alpha value is -0.950. The van der Waals surface area contributed by atoms with E-state index in [1.165, 1.54) is 11.1 Å². The molecule has 22 heavy (non-hydrogen) atoms. The van der Waals surface area contributed by atoms with E-state index in [1.54, 1.807) is 10.4 Å². The van der Waals surface area contributed by atoms with E-state index in [2.05, 4.69) is 4.90 Å². The molecule has 1 aliphatic carbocycles. The summed E-state index contributed by atoms with van der Waals surface area (Å²) in [5.41, 5.74) is 2.52. The second-order valence-electron chi connectivity index (χ2n) is 6.41. The zero-order valence-electron chi connectivity index (χ0n) is 12.7. The molecule has 0 aromatic heterocycles. The van der Waals surface area contributed by atoms with E-state index >= 15 is 0 Å². The SMILES string of the molecule is O=S(=O)(c1ccc2c(c1)CCC2)N1CCN2CCOCC2C1. The van der Waals surface area contributed by atoms with E-state index in [1.807, 2.05) is 12.1 Å². The molecule has 2 saturated heterocycles. The molecule has 2 aliphatic heterocycles. The van der Waals surface area contributed by atoms with Gasteiger partial charge in [0.05, 0.1) is 18.1 Å². The molecule has 5 nitrogen and oxygen atoms in total. The normalized spacial score (nSPS) is 26.6. The number of fused-ring (bicyclic) bond motifs is 2. The summed E-state index contributed by atoms with van der Waals surface area (Å²) in [5, 5.41) is 0. The van der Waals surface area contributed by atoms with Crippen molar-refractivity contribution < 1.29 is 13.2 Å². The molecule has 1 unspecified atom stereocenters. The average molecular weight is 322 g/mol. The smallest absolute Gasteiger partial charge is 0.243 e. The van der Waals surface area contributed by atoms with Gasteiger partial charge in [-0.3, -0.25) is 4.90 Å². The van der Waals surface area contributed by atoms with E-state index in [-0.39, 0.29) is 6.04 Å². The third-order valence-electron chi connectivity index (χ3n) is 5.11. The van der Waals surface area contributed by atoms with Gasteiger partial charge in [-0.15, -0.1) is 0 Å². The molecule has 2 heterocycles. The van der Waals surface area contributed by atoms with Crippen molar-refractivity contribution in [3.63, 3.8) is 0 Å². The molecule has 0 N–H and O–H groups in total. The molecule has 2 fully saturated rings. The monoisotopic (exact) mass is 322 g/mol. The van der Waals surface area contributed by atoms with Crippen molar-refractivity contribution in [1.82, 2.24) is 9.21 Å². The van der Waals surface area contributed by atoms with Gasteiger partial charge in [0.25, 0.3) is 0 Å². The molecule has 1 atom stereocenters. The molecule has 120 valence electrons. The second-order valence-corrected chi connectivity index (χ2v) is 8.35. The quantitative estimate of drug-likeness (QED) is 0.811. The summed E-state index contributed by atoms with van der Waals surface area (Å²) in [6.07, 6.45) is 3.22. The van der Waals surface area contributed by atoms with Crippen LogP contribution in [-0.2, 0) is 27.6 Å². The van der Waals surface area contributed by atoms with Crippen molar-refractivity contribution in [1.29, 1.82) is 0 Å². The fourth-order valence-electron chi connectivity index (χ4n) is 3.79. The minimum absolute atomic E-state index is 0.201. The van der Waals surface area contributed by atoms with Crippen molar-refractivity contribution in [2.75, 3.05) is 39.4 Å². The summed E-state index contributed by atoms with van der Waals surface area (Å²) in [4.78, 5) is 2.80. The summed E-state index contributed by atoms with van der Waals surface area (Å²) in [5.74, 6) is 0. The molecule has 3 aliphatic rings. The van der Waals surface area contributed by atoms with Crippen LogP contribution in [0.3, 0.4) is 0 Å². The Balaban J connectivity index is 1.58. The van der Waals surface area contributed by atoms with Gasteiger partial charge in [0, 0.05) is 32.2 Å². The van der Waals surface area contributed by atoms with Gasteiger partial charge in [-0.1, -0.05) is 6.07 Å². The van der Waals surface area contributed by atoms with E-state index in [0.717, 1.165) is 39.0 Å². The highest BCUT2D eigenvalue weighted by atomic mass is 32.2. The van der Waals surface area contributed by atoms with Crippen LogP contribution in [0.1, 0.15) is 17.5 Å². The molecule has 0 bridgehead atoms. The predicted molar refractivity (Wildman–Crippen MR) is 83.4 cm³/mol. The Morgan fingerprint density at radius 2 is 1.95 bits per heavy atom. The van der Waals surface area contributed by atoms with Gasteiger partial charge >= 0.3 is 0 Å². The van der Waals surface area contributed by atoms with Crippen molar-refractivity contribution in [2.45, 2.75) is 30.2 Å². The predicted octanol–water partition coefficient (Wildman–Crippen LogP) is 0.880. The van der Waals surface area contributed by atoms with Crippen molar-refractivity contribution in [3.05, 3.63) is 29.3 Å². The van der Waals surface area contributed by atoms with Crippen molar-refractivity contribution in [2.24, 2.45) is 0 Å². The number of piperazine rings is 1. The highest BCUT2D eigenvalue weighted by molar-refractivity contribution is 7.89. The summed E-state index contributed by atoms with van der Waals surface area (Å²) in [6.45, 7) is 4.23. The lowest BCUT2D eigenvalue weighted by Crippen LogP contribution is -2.58. The molecule has 4 rings (SSSR count). The molecule has 0 radical (unpaired) electrons. The third-order valence-corrected chi connectivity index (χ3v) is 6.97. The van der Waals surface area contributed by atoms with E-state index < -0.39 is 10.0 Å². The fraction of sp³-hybridized carbons (Fsp3) is 0.625. The van der Waals surface area contributed by atoms with Gasteiger partial charge in [-0.05, 0) is 42.5 Å². The lowest BCUT2D eigenvalue weighted by molar-refractivity contribution is -0.0304. The number of benzene rings is 1. The fourth-order valence-corrected chi connectivity index (χ4v) is 5.31. The van der Waals surface area contributed by atoms with Crippen LogP contribution in [0, 0.1) is 0 Å². The number of morpholine rings is 1. The molecule has 6 heteroatoms. The zero-order valence-corrected chi connectivity index (χ0v) is 13.5. The maximum absolute atomic E-state index is 12.9. The van der Waals surface area contributed by atoms with Crippen LogP contribution < -0.4 is 0 Å². The van der Waals surface area contributed by atoms with Crippen LogP contribution in [-0.4, -0.2) is 63.1 Å². The van der Waals surface area contributed by atoms with Crippen LogP contribution in [0.2, 0.25) is 0 Å². The molecule has 0 saturated carbocycles. The van der Waals surface area contributed by atoms with Crippen molar-refractivity contribution >= 4 is 10.0 Å². The number of ether oxygens (including phenoxy) is 1.